The van der Waals surface area contributed by atoms with E-state index in [1.165, 1.54) is 5.56 Å². The fraction of sp³-hybridized carbons (Fsp3) is 0.133. The molecule has 0 aliphatic carbocycles. The molecule has 2 aromatic carbocycles. The molecule has 1 aliphatic rings. The topological polar surface area (TPSA) is 41.1 Å². The van der Waals surface area contributed by atoms with Crippen LogP contribution in [0.2, 0.25) is 5.02 Å². The number of hydrogen-bond acceptors (Lipinski definition) is 2. The van der Waals surface area contributed by atoms with E-state index in [1.54, 1.807) is 12.1 Å². The van der Waals surface area contributed by atoms with Crippen LogP contribution >= 0.6 is 27.5 Å². The summed E-state index contributed by atoms with van der Waals surface area (Å²) in [5.41, 5.74) is 3.55. The largest absolute Gasteiger partial charge is 0.384 e. The SMILES string of the molecule is O=C(Nc1ccc(Br)cc1Cl)c1ccc2c(c1)CCN2. The van der Waals surface area contributed by atoms with Gasteiger partial charge in [0.05, 0.1) is 10.7 Å². The number of nitrogens with one attached hydrogen (secondary N) is 2. The maximum absolute atomic E-state index is 12.2. The summed E-state index contributed by atoms with van der Waals surface area (Å²) in [5, 5.41) is 6.62. The average molecular weight is 352 g/mol. The van der Waals surface area contributed by atoms with Gasteiger partial charge in [-0.3, -0.25) is 4.79 Å². The molecule has 0 radical (unpaired) electrons. The van der Waals surface area contributed by atoms with E-state index in [0.29, 0.717) is 16.3 Å². The highest BCUT2D eigenvalue weighted by molar-refractivity contribution is 9.10. The number of amides is 1. The number of fused-ring (bicyclic) bond motifs is 1. The molecule has 2 aromatic rings. The van der Waals surface area contributed by atoms with Crippen LogP contribution in [0.5, 0.6) is 0 Å². The van der Waals surface area contributed by atoms with Crippen molar-refractivity contribution in [3.8, 4) is 0 Å². The van der Waals surface area contributed by atoms with Gasteiger partial charge in [-0.1, -0.05) is 27.5 Å². The molecule has 0 atom stereocenters. The highest BCUT2D eigenvalue weighted by Gasteiger charge is 2.14. The summed E-state index contributed by atoms with van der Waals surface area (Å²) in [6.45, 7) is 0.930. The number of carbonyl (C=O) groups excluding carboxylic acids is 1. The van der Waals surface area contributed by atoms with E-state index in [-0.39, 0.29) is 5.91 Å². The molecule has 0 fully saturated rings. The molecule has 102 valence electrons. The zero-order valence-corrected chi connectivity index (χ0v) is 12.9. The Labute approximate surface area is 130 Å². The third-order valence-corrected chi connectivity index (χ3v) is 4.06. The molecule has 1 aliphatic heterocycles. The highest BCUT2D eigenvalue weighted by atomic mass is 79.9. The van der Waals surface area contributed by atoms with Crippen molar-refractivity contribution < 1.29 is 4.79 Å². The van der Waals surface area contributed by atoms with Gasteiger partial charge in [-0.15, -0.1) is 0 Å². The van der Waals surface area contributed by atoms with E-state index < -0.39 is 0 Å². The molecule has 0 spiro atoms. The van der Waals surface area contributed by atoms with Crippen molar-refractivity contribution >= 4 is 44.8 Å². The standard InChI is InChI=1S/C15H12BrClN2O/c16-11-2-4-14(12(17)8-11)19-15(20)10-1-3-13-9(7-10)5-6-18-13/h1-4,7-8,18H,5-6H2,(H,19,20). The van der Waals surface area contributed by atoms with Gasteiger partial charge in [0.1, 0.15) is 0 Å². The monoisotopic (exact) mass is 350 g/mol. The van der Waals surface area contributed by atoms with Crippen molar-refractivity contribution in [1.29, 1.82) is 0 Å². The van der Waals surface area contributed by atoms with Gasteiger partial charge >= 0.3 is 0 Å². The smallest absolute Gasteiger partial charge is 0.255 e. The van der Waals surface area contributed by atoms with Crippen LogP contribution in [-0.4, -0.2) is 12.5 Å². The van der Waals surface area contributed by atoms with Crippen LogP contribution in [0.1, 0.15) is 15.9 Å². The lowest BCUT2D eigenvalue weighted by Crippen LogP contribution is -2.12. The summed E-state index contributed by atoms with van der Waals surface area (Å²) in [6.07, 6.45) is 0.954. The first-order valence-electron chi connectivity index (χ1n) is 6.27. The van der Waals surface area contributed by atoms with Crippen LogP contribution in [0.3, 0.4) is 0 Å². The number of anilines is 2. The first kappa shape index (κ1) is 13.5. The van der Waals surface area contributed by atoms with Crippen LogP contribution in [-0.2, 0) is 6.42 Å². The summed E-state index contributed by atoms with van der Waals surface area (Å²) < 4.78 is 0.879. The average Bonchev–Trinajstić information content (AvgIpc) is 2.89. The molecule has 3 nitrogen and oxygen atoms in total. The molecule has 1 amide bonds. The zero-order chi connectivity index (χ0) is 14.1. The molecular formula is C15H12BrClN2O. The molecule has 0 bridgehead atoms. The molecule has 3 rings (SSSR count). The van der Waals surface area contributed by atoms with Crippen molar-refractivity contribution in [3.63, 3.8) is 0 Å². The third kappa shape index (κ3) is 2.67. The maximum Gasteiger partial charge on any atom is 0.255 e. The number of rotatable bonds is 2. The normalized spacial score (nSPS) is 12.7. The van der Waals surface area contributed by atoms with Crippen LogP contribution in [0.4, 0.5) is 11.4 Å². The van der Waals surface area contributed by atoms with Crippen molar-refractivity contribution in [2.24, 2.45) is 0 Å². The lowest BCUT2D eigenvalue weighted by Gasteiger charge is -2.08. The Bertz CT molecular complexity index is 688. The van der Waals surface area contributed by atoms with E-state index in [1.807, 2.05) is 24.3 Å². The van der Waals surface area contributed by atoms with Crippen LogP contribution in [0, 0.1) is 0 Å². The van der Waals surface area contributed by atoms with Crippen molar-refractivity contribution in [1.82, 2.24) is 0 Å². The Morgan fingerprint density at radius 3 is 2.90 bits per heavy atom. The Kier molecular flexibility index (Phi) is 3.68. The van der Waals surface area contributed by atoms with Gasteiger partial charge in [0, 0.05) is 22.3 Å². The fourth-order valence-corrected chi connectivity index (χ4v) is 2.95. The minimum absolute atomic E-state index is 0.149. The first-order valence-corrected chi connectivity index (χ1v) is 7.44. The number of halogens is 2. The second kappa shape index (κ2) is 5.46. The Hall–Kier alpha value is -1.52. The quantitative estimate of drug-likeness (QED) is 0.846. The van der Waals surface area contributed by atoms with Gasteiger partial charge in [-0.25, -0.2) is 0 Å². The van der Waals surface area contributed by atoms with Crippen LogP contribution < -0.4 is 10.6 Å². The van der Waals surface area contributed by atoms with Gasteiger partial charge in [-0.05, 0) is 48.4 Å². The fourth-order valence-electron chi connectivity index (χ4n) is 2.23. The Balaban J connectivity index is 1.82. The molecule has 1 heterocycles. The predicted molar refractivity (Wildman–Crippen MR) is 85.7 cm³/mol. The molecule has 0 aromatic heterocycles. The molecule has 0 saturated carbocycles. The van der Waals surface area contributed by atoms with Crippen molar-refractivity contribution in [3.05, 3.63) is 57.0 Å². The lowest BCUT2D eigenvalue weighted by molar-refractivity contribution is 0.102. The minimum Gasteiger partial charge on any atom is -0.384 e. The molecular weight excluding hydrogens is 340 g/mol. The second-order valence-electron chi connectivity index (χ2n) is 4.63. The summed E-state index contributed by atoms with van der Waals surface area (Å²) >= 11 is 9.44. The van der Waals surface area contributed by atoms with E-state index in [4.69, 9.17) is 11.6 Å². The number of carbonyl (C=O) groups is 1. The van der Waals surface area contributed by atoms with E-state index >= 15 is 0 Å². The van der Waals surface area contributed by atoms with Gasteiger partial charge in [0.15, 0.2) is 0 Å². The van der Waals surface area contributed by atoms with Gasteiger partial charge in [0.25, 0.3) is 5.91 Å². The lowest BCUT2D eigenvalue weighted by atomic mass is 10.1. The summed E-state index contributed by atoms with van der Waals surface area (Å²) in [6, 6.07) is 11.1. The Morgan fingerprint density at radius 2 is 2.10 bits per heavy atom. The van der Waals surface area contributed by atoms with E-state index in [9.17, 15) is 4.79 Å². The third-order valence-electron chi connectivity index (χ3n) is 3.26. The second-order valence-corrected chi connectivity index (χ2v) is 5.95. The summed E-state index contributed by atoms with van der Waals surface area (Å²) in [4.78, 5) is 12.2. The van der Waals surface area contributed by atoms with Gasteiger partial charge in [-0.2, -0.15) is 0 Å². The zero-order valence-electron chi connectivity index (χ0n) is 10.5. The highest BCUT2D eigenvalue weighted by Crippen LogP contribution is 2.27. The molecule has 20 heavy (non-hydrogen) atoms. The maximum atomic E-state index is 12.2. The molecule has 2 N–H and O–H groups in total. The minimum atomic E-state index is -0.149. The van der Waals surface area contributed by atoms with Crippen molar-refractivity contribution in [2.75, 3.05) is 17.2 Å². The first-order chi connectivity index (χ1) is 9.63. The molecule has 0 unspecified atom stereocenters. The van der Waals surface area contributed by atoms with Crippen LogP contribution in [0.15, 0.2) is 40.9 Å². The van der Waals surface area contributed by atoms with Crippen molar-refractivity contribution in [2.45, 2.75) is 6.42 Å². The predicted octanol–water partition coefficient (Wildman–Crippen LogP) is 4.32. The van der Waals surface area contributed by atoms with Gasteiger partial charge in [0.2, 0.25) is 0 Å². The van der Waals surface area contributed by atoms with Gasteiger partial charge < -0.3 is 10.6 Å². The number of benzene rings is 2. The molecule has 5 heteroatoms. The Morgan fingerprint density at radius 1 is 1.25 bits per heavy atom. The van der Waals surface area contributed by atoms with E-state index in [0.717, 1.165) is 23.1 Å². The van der Waals surface area contributed by atoms with Crippen LogP contribution in [0.25, 0.3) is 0 Å². The number of hydrogen-bond donors (Lipinski definition) is 2. The summed E-state index contributed by atoms with van der Waals surface area (Å²) in [7, 11) is 0. The van der Waals surface area contributed by atoms with E-state index in [2.05, 4.69) is 26.6 Å². The summed E-state index contributed by atoms with van der Waals surface area (Å²) in [5.74, 6) is -0.149. The molecule has 0 saturated heterocycles.